The molecular formula is C19H21N7. The van der Waals surface area contributed by atoms with Gasteiger partial charge in [0.2, 0.25) is 5.95 Å². The second kappa shape index (κ2) is 6.59. The summed E-state index contributed by atoms with van der Waals surface area (Å²) in [5, 5.41) is 15.4. The third-order valence-corrected chi connectivity index (χ3v) is 4.38. The fourth-order valence-electron chi connectivity index (χ4n) is 3.14. The van der Waals surface area contributed by atoms with E-state index in [0.717, 1.165) is 28.8 Å². The van der Waals surface area contributed by atoms with Crippen LogP contribution in [-0.2, 0) is 13.5 Å². The molecule has 2 N–H and O–H groups in total. The molecule has 0 unspecified atom stereocenters. The number of rotatable bonds is 5. The lowest BCUT2D eigenvalue weighted by atomic mass is 9.94. The van der Waals surface area contributed by atoms with E-state index < -0.39 is 0 Å². The normalized spacial score (nSPS) is 11.4. The highest BCUT2D eigenvalue weighted by Gasteiger charge is 2.13. The zero-order valence-corrected chi connectivity index (χ0v) is 15.1. The summed E-state index contributed by atoms with van der Waals surface area (Å²) in [6, 6.07) is 8.51. The van der Waals surface area contributed by atoms with Crippen molar-refractivity contribution in [3.8, 4) is 0 Å². The van der Waals surface area contributed by atoms with Gasteiger partial charge in [-0.15, -0.1) is 0 Å². The second-order valence-corrected chi connectivity index (χ2v) is 6.68. The van der Waals surface area contributed by atoms with Gasteiger partial charge in [-0.1, -0.05) is 38.1 Å². The third kappa shape index (κ3) is 3.15. The molecule has 0 fully saturated rings. The van der Waals surface area contributed by atoms with Crippen LogP contribution in [0, 0.1) is 0 Å². The van der Waals surface area contributed by atoms with Crippen molar-refractivity contribution in [2.24, 2.45) is 7.05 Å². The van der Waals surface area contributed by atoms with Gasteiger partial charge in [0.05, 0.1) is 29.2 Å². The minimum Gasteiger partial charge on any atom is -0.321 e. The Morgan fingerprint density at radius 3 is 2.77 bits per heavy atom. The van der Waals surface area contributed by atoms with Crippen LogP contribution in [0.3, 0.4) is 0 Å². The summed E-state index contributed by atoms with van der Waals surface area (Å²) in [5.74, 6) is 0.993. The topological polar surface area (TPSA) is 84.3 Å². The largest absolute Gasteiger partial charge is 0.321 e. The predicted molar refractivity (Wildman–Crippen MR) is 102 cm³/mol. The number of fused-ring (bicyclic) bond motifs is 1. The van der Waals surface area contributed by atoms with E-state index in [4.69, 9.17) is 4.98 Å². The molecule has 3 aromatic heterocycles. The summed E-state index contributed by atoms with van der Waals surface area (Å²) in [6.07, 6.45) is 6.15. The molecule has 0 aliphatic heterocycles. The number of nitrogens with one attached hydrogen (secondary N) is 2. The molecule has 3 heterocycles. The Balaban J connectivity index is 1.73. The van der Waals surface area contributed by atoms with Crippen LogP contribution in [0.5, 0.6) is 0 Å². The van der Waals surface area contributed by atoms with Crippen molar-refractivity contribution in [1.82, 2.24) is 29.9 Å². The van der Waals surface area contributed by atoms with Crippen molar-refractivity contribution in [1.29, 1.82) is 0 Å². The Hall–Kier alpha value is -3.22. The zero-order chi connectivity index (χ0) is 18.1. The first-order valence-electron chi connectivity index (χ1n) is 8.63. The minimum atomic E-state index is 0.459. The number of anilines is 2. The summed E-state index contributed by atoms with van der Waals surface area (Å²) < 4.78 is 1.73. The highest BCUT2D eigenvalue weighted by Crippen LogP contribution is 2.25. The highest BCUT2D eigenvalue weighted by molar-refractivity contribution is 5.78. The summed E-state index contributed by atoms with van der Waals surface area (Å²) >= 11 is 0. The molecule has 0 bridgehead atoms. The number of hydrogen-bond acceptors (Lipinski definition) is 5. The van der Waals surface area contributed by atoms with E-state index in [2.05, 4.69) is 63.7 Å². The summed E-state index contributed by atoms with van der Waals surface area (Å²) in [5.41, 5.74) is 5.13. The first kappa shape index (κ1) is 16.3. The Labute approximate surface area is 151 Å². The summed E-state index contributed by atoms with van der Waals surface area (Å²) in [7, 11) is 1.87. The SMILES string of the molecule is CC(C)c1ccccc1Cc1nc(Nc2cnn(C)c2)nc2[nH]ncc12. The van der Waals surface area contributed by atoms with Crippen LogP contribution in [-0.4, -0.2) is 29.9 Å². The van der Waals surface area contributed by atoms with Gasteiger partial charge in [-0.05, 0) is 17.0 Å². The first-order chi connectivity index (χ1) is 12.6. The number of H-pyrrole nitrogens is 1. The predicted octanol–water partition coefficient (Wildman–Crippen LogP) is 3.54. The number of hydrogen-bond donors (Lipinski definition) is 2. The average molecular weight is 347 g/mol. The van der Waals surface area contributed by atoms with E-state index in [-0.39, 0.29) is 0 Å². The molecule has 0 saturated heterocycles. The van der Waals surface area contributed by atoms with Gasteiger partial charge < -0.3 is 5.32 Å². The molecule has 0 amide bonds. The van der Waals surface area contributed by atoms with E-state index in [1.54, 1.807) is 17.1 Å². The Bertz CT molecular complexity index is 1040. The minimum absolute atomic E-state index is 0.459. The van der Waals surface area contributed by atoms with Crippen LogP contribution in [0.2, 0.25) is 0 Å². The first-order valence-corrected chi connectivity index (χ1v) is 8.63. The van der Waals surface area contributed by atoms with E-state index in [0.29, 0.717) is 11.9 Å². The summed E-state index contributed by atoms with van der Waals surface area (Å²) in [6.45, 7) is 4.42. The maximum atomic E-state index is 4.75. The molecule has 7 heteroatoms. The highest BCUT2D eigenvalue weighted by atomic mass is 15.3. The Morgan fingerprint density at radius 1 is 1.15 bits per heavy atom. The molecule has 4 rings (SSSR count). The van der Waals surface area contributed by atoms with Crippen LogP contribution >= 0.6 is 0 Å². The molecule has 26 heavy (non-hydrogen) atoms. The van der Waals surface area contributed by atoms with Gasteiger partial charge in [0.15, 0.2) is 5.65 Å². The Morgan fingerprint density at radius 2 is 2.00 bits per heavy atom. The fraction of sp³-hybridized carbons (Fsp3) is 0.263. The lowest BCUT2D eigenvalue weighted by molar-refractivity contribution is 0.768. The smallest absolute Gasteiger partial charge is 0.229 e. The maximum absolute atomic E-state index is 4.75. The van der Waals surface area contributed by atoms with Gasteiger partial charge in [0.25, 0.3) is 0 Å². The van der Waals surface area contributed by atoms with Crippen molar-refractivity contribution in [2.75, 3.05) is 5.32 Å². The summed E-state index contributed by atoms with van der Waals surface area (Å²) in [4.78, 5) is 9.28. The lowest BCUT2D eigenvalue weighted by Crippen LogP contribution is -2.04. The molecule has 132 valence electrons. The van der Waals surface area contributed by atoms with Crippen molar-refractivity contribution >= 4 is 22.7 Å². The van der Waals surface area contributed by atoms with E-state index in [1.807, 2.05) is 13.2 Å². The van der Waals surface area contributed by atoms with Crippen LogP contribution in [0.1, 0.15) is 36.6 Å². The van der Waals surface area contributed by atoms with E-state index in [9.17, 15) is 0 Å². The van der Waals surface area contributed by atoms with Crippen LogP contribution in [0.4, 0.5) is 11.6 Å². The van der Waals surface area contributed by atoms with Gasteiger partial charge in [0.1, 0.15) is 0 Å². The van der Waals surface area contributed by atoms with Gasteiger partial charge in [-0.3, -0.25) is 9.78 Å². The van der Waals surface area contributed by atoms with Gasteiger partial charge in [0, 0.05) is 19.7 Å². The molecule has 1 aromatic carbocycles. The zero-order valence-electron chi connectivity index (χ0n) is 15.1. The number of aromatic amines is 1. The fourth-order valence-corrected chi connectivity index (χ4v) is 3.14. The van der Waals surface area contributed by atoms with Crippen LogP contribution in [0.15, 0.2) is 42.9 Å². The quantitative estimate of drug-likeness (QED) is 0.577. The molecule has 4 aromatic rings. The molecule has 7 nitrogen and oxygen atoms in total. The third-order valence-electron chi connectivity index (χ3n) is 4.38. The van der Waals surface area contributed by atoms with Gasteiger partial charge >= 0.3 is 0 Å². The average Bonchev–Trinajstić information content (AvgIpc) is 3.24. The van der Waals surface area contributed by atoms with Crippen molar-refractivity contribution in [3.05, 3.63) is 59.7 Å². The van der Waals surface area contributed by atoms with E-state index in [1.165, 1.54) is 11.1 Å². The van der Waals surface area contributed by atoms with Crippen LogP contribution in [0.25, 0.3) is 11.0 Å². The maximum Gasteiger partial charge on any atom is 0.229 e. The van der Waals surface area contributed by atoms with Gasteiger partial charge in [-0.25, -0.2) is 4.98 Å². The molecule has 0 aliphatic rings. The molecule has 0 spiro atoms. The van der Waals surface area contributed by atoms with E-state index >= 15 is 0 Å². The second-order valence-electron chi connectivity index (χ2n) is 6.68. The Kier molecular flexibility index (Phi) is 4.12. The lowest BCUT2D eigenvalue weighted by Gasteiger charge is -2.13. The van der Waals surface area contributed by atoms with Crippen molar-refractivity contribution in [3.63, 3.8) is 0 Å². The number of aryl methyl sites for hydroxylation is 1. The molecule has 0 radical (unpaired) electrons. The number of aromatic nitrogens is 6. The number of nitrogens with zero attached hydrogens (tertiary/aromatic N) is 5. The van der Waals surface area contributed by atoms with Crippen LogP contribution < -0.4 is 5.32 Å². The standard InChI is InChI=1S/C19H21N7/c1-12(2)15-7-5-4-6-13(15)8-17-16-10-20-25-18(16)24-19(23-17)22-14-9-21-26(3)11-14/h4-7,9-12H,8H2,1-3H3,(H2,20,22,23,24,25). The number of benzene rings is 1. The monoisotopic (exact) mass is 347 g/mol. The van der Waals surface area contributed by atoms with Crippen molar-refractivity contribution < 1.29 is 0 Å². The molecular weight excluding hydrogens is 326 g/mol. The molecule has 0 aliphatic carbocycles. The molecule has 0 saturated carbocycles. The van der Waals surface area contributed by atoms with Crippen molar-refractivity contribution in [2.45, 2.75) is 26.2 Å². The van der Waals surface area contributed by atoms with Gasteiger partial charge in [-0.2, -0.15) is 15.2 Å². The molecule has 0 atom stereocenters.